The number of allylic oxidation sites excluding steroid dienone is 2. The zero-order valence-corrected chi connectivity index (χ0v) is 9.99. The Kier molecular flexibility index (Phi) is 4.44. The second kappa shape index (κ2) is 6.07. The van der Waals surface area contributed by atoms with Gasteiger partial charge in [0.2, 0.25) is 0 Å². The maximum Gasteiger partial charge on any atom is 0.306 e. The standard InChI is InChI=1S/C14H22O2/c15-14(10-12-6-4-5-7-12)16-11-13-8-2-1-3-9-13/h1-2,12-13H,3-11H2/t13-/m1/s1. The number of esters is 1. The van der Waals surface area contributed by atoms with Crippen molar-refractivity contribution in [2.24, 2.45) is 11.8 Å². The Morgan fingerprint density at radius 1 is 1.12 bits per heavy atom. The molecular formula is C14H22O2. The van der Waals surface area contributed by atoms with Gasteiger partial charge in [0.05, 0.1) is 6.61 Å². The Hall–Kier alpha value is -0.790. The predicted octanol–water partition coefficient (Wildman–Crippen LogP) is 3.47. The second-order valence-electron chi connectivity index (χ2n) is 5.19. The van der Waals surface area contributed by atoms with Gasteiger partial charge in [-0.2, -0.15) is 0 Å². The minimum absolute atomic E-state index is 0.0291. The molecule has 16 heavy (non-hydrogen) atoms. The molecule has 2 aliphatic carbocycles. The van der Waals surface area contributed by atoms with Crippen LogP contribution in [0.2, 0.25) is 0 Å². The third-order valence-electron chi connectivity index (χ3n) is 3.79. The van der Waals surface area contributed by atoms with Crippen molar-refractivity contribution >= 4 is 5.97 Å². The van der Waals surface area contributed by atoms with E-state index < -0.39 is 0 Å². The zero-order valence-electron chi connectivity index (χ0n) is 9.99. The first kappa shape index (κ1) is 11.7. The average Bonchev–Trinajstić information content (AvgIpc) is 2.81. The van der Waals surface area contributed by atoms with Crippen LogP contribution in [0.15, 0.2) is 12.2 Å². The van der Waals surface area contributed by atoms with E-state index >= 15 is 0 Å². The minimum Gasteiger partial charge on any atom is -0.465 e. The molecule has 1 fully saturated rings. The summed E-state index contributed by atoms with van der Waals surface area (Å²) in [6.07, 6.45) is 13.5. The molecule has 0 aromatic heterocycles. The van der Waals surface area contributed by atoms with E-state index in [1.165, 1.54) is 32.1 Å². The summed E-state index contributed by atoms with van der Waals surface area (Å²) in [6, 6.07) is 0. The molecule has 0 saturated heterocycles. The molecule has 0 aliphatic heterocycles. The number of carbonyl (C=O) groups is 1. The van der Waals surface area contributed by atoms with E-state index in [0.29, 0.717) is 24.9 Å². The predicted molar refractivity (Wildman–Crippen MR) is 64.0 cm³/mol. The first-order chi connectivity index (χ1) is 7.84. The molecular weight excluding hydrogens is 200 g/mol. The van der Waals surface area contributed by atoms with Crippen LogP contribution in [0.4, 0.5) is 0 Å². The van der Waals surface area contributed by atoms with Crippen LogP contribution in [0.1, 0.15) is 51.4 Å². The Balaban J connectivity index is 1.61. The Labute approximate surface area is 98.1 Å². The van der Waals surface area contributed by atoms with Crippen LogP contribution < -0.4 is 0 Å². The highest BCUT2D eigenvalue weighted by Crippen LogP contribution is 2.28. The fourth-order valence-electron chi connectivity index (χ4n) is 2.73. The van der Waals surface area contributed by atoms with Crippen molar-refractivity contribution in [1.29, 1.82) is 0 Å². The zero-order chi connectivity index (χ0) is 11.2. The van der Waals surface area contributed by atoms with Gasteiger partial charge in [0.25, 0.3) is 0 Å². The van der Waals surface area contributed by atoms with Gasteiger partial charge in [0.15, 0.2) is 0 Å². The van der Waals surface area contributed by atoms with Gasteiger partial charge in [-0.1, -0.05) is 25.0 Å². The highest BCUT2D eigenvalue weighted by Gasteiger charge is 2.20. The summed E-state index contributed by atoms with van der Waals surface area (Å²) in [5, 5.41) is 0. The molecule has 2 rings (SSSR count). The summed E-state index contributed by atoms with van der Waals surface area (Å²) in [5.41, 5.74) is 0. The number of rotatable bonds is 4. The van der Waals surface area contributed by atoms with E-state index in [-0.39, 0.29) is 5.97 Å². The van der Waals surface area contributed by atoms with Crippen molar-refractivity contribution in [2.45, 2.75) is 51.4 Å². The molecule has 0 radical (unpaired) electrons. The first-order valence-electron chi connectivity index (χ1n) is 6.65. The topological polar surface area (TPSA) is 26.3 Å². The summed E-state index contributed by atoms with van der Waals surface area (Å²) >= 11 is 0. The second-order valence-corrected chi connectivity index (χ2v) is 5.19. The molecule has 2 heteroatoms. The Bertz CT molecular complexity index is 251. The maximum atomic E-state index is 11.6. The van der Waals surface area contributed by atoms with Crippen molar-refractivity contribution in [3.05, 3.63) is 12.2 Å². The van der Waals surface area contributed by atoms with Crippen LogP contribution in [-0.2, 0) is 9.53 Å². The quantitative estimate of drug-likeness (QED) is 0.538. The number of carbonyl (C=O) groups excluding carboxylic acids is 1. The van der Waals surface area contributed by atoms with Gasteiger partial charge in [0, 0.05) is 6.42 Å². The molecule has 0 heterocycles. The summed E-state index contributed by atoms with van der Waals surface area (Å²) in [5.74, 6) is 1.21. The smallest absolute Gasteiger partial charge is 0.306 e. The van der Waals surface area contributed by atoms with E-state index in [9.17, 15) is 4.79 Å². The maximum absolute atomic E-state index is 11.6. The van der Waals surface area contributed by atoms with Gasteiger partial charge in [-0.15, -0.1) is 0 Å². The summed E-state index contributed by atoms with van der Waals surface area (Å²) in [6.45, 7) is 0.635. The third kappa shape index (κ3) is 3.66. The molecule has 1 saturated carbocycles. The summed E-state index contributed by atoms with van der Waals surface area (Å²) < 4.78 is 5.37. The van der Waals surface area contributed by atoms with E-state index in [4.69, 9.17) is 4.74 Å². The third-order valence-corrected chi connectivity index (χ3v) is 3.79. The fraction of sp³-hybridized carbons (Fsp3) is 0.786. The van der Waals surface area contributed by atoms with Crippen LogP contribution in [0.5, 0.6) is 0 Å². The molecule has 0 N–H and O–H groups in total. The molecule has 2 nitrogen and oxygen atoms in total. The summed E-state index contributed by atoms with van der Waals surface area (Å²) in [7, 11) is 0. The van der Waals surface area contributed by atoms with Crippen molar-refractivity contribution in [3.63, 3.8) is 0 Å². The largest absolute Gasteiger partial charge is 0.465 e. The number of hydrogen-bond acceptors (Lipinski definition) is 2. The molecule has 90 valence electrons. The van der Waals surface area contributed by atoms with Gasteiger partial charge in [0.1, 0.15) is 0 Å². The lowest BCUT2D eigenvalue weighted by atomic mass is 9.95. The van der Waals surface area contributed by atoms with Gasteiger partial charge >= 0.3 is 5.97 Å². The van der Waals surface area contributed by atoms with Crippen LogP contribution in [-0.4, -0.2) is 12.6 Å². The molecule has 0 aromatic rings. The molecule has 0 spiro atoms. The Morgan fingerprint density at radius 2 is 1.94 bits per heavy atom. The van der Waals surface area contributed by atoms with E-state index in [0.717, 1.165) is 12.8 Å². The van der Waals surface area contributed by atoms with Crippen molar-refractivity contribution in [3.8, 4) is 0 Å². The van der Waals surface area contributed by atoms with Crippen molar-refractivity contribution in [2.75, 3.05) is 6.61 Å². The van der Waals surface area contributed by atoms with Gasteiger partial charge < -0.3 is 4.74 Å². The van der Waals surface area contributed by atoms with Crippen LogP contribution >= 0.6 is 0 Å². The molecule has 0 aromatic carbocycles. The SMILES string of the molecule is O=C(CC1CCCC1)OC[C@@H]1CC=CCC1. The lowest BCUT2D eigenvalue weighted by Gasteiger charge is -2.18. The molecule has 0 unspecified atom stereocenters. The fourth-order valence-corrected chi connectivity index (χ4v) is 2.73. The highest BCUT2D eigenvalue weighted by molar-refractivity contribution is 5.69. The first-order valence-corrected chi connectivity index (χ1v) is 6.65. The number of hydrogen-bond donors (Lipinski definition) is 0. The highest BCUT2D eigenvalue weighted by atomic mass is 16.5. The van der Waals surface area contributed by atoms with Crippen LogP contribution in [0, 0.1) is 11.8 Å². The number of ether oxygens (including phenoxy) is 1. The van der Waals surface area contributed by atoms with Gasteiger partial charge in [-0.05, 0) is 43.9 Å². The molecule has 2 aliphatic rings. The van der Waals surface area contributed by atoms with Gasteiger partial charge in [-0.25, -0.2) is 0 Å². The summed E-state index contributed by atoms with van der Waals surface area (Å²) in [4.78, 5) is 11.6. The van der Waals surface area contributed by atoms with E-state index in [2.05, 4.69) is 12.2 Å². The molecule has 0 amide bonds. The Morgan fingerprint density at radius 3 is 2.62 bits per heavy atom. The van der Waals surface area contributed by atoms with Crippen LogP contribution in [0.3, 0.4) is 0 Å². The monoisotopic (exact) mass is 222 g/mol. The van der Waals surface area contributed by atoms with Crippen molar-refractivity contribution in [1.82, 2.24) is 0 Å². The minimum atomic E-state index is 0.0291. The van der Waals surface area contributed by atoms with Crippen LogP contribution in [0.25, 0.3) is 0 Å². The molecule has 0 bridgehead atoms. The van der Waals surface area contributed by atoms with E-state index in [1.807, 2.05) is 0 Å². The van der Waals surface area contributed by atoms with Gasteiger partial charge in [-0.3, -0.25) is 4.79 Å². The van der Waals surface area contributed by atoms with Crippen molar-refractivity contribution < 1.29 is 9.53 Å². The average molecular weight is 222 g/mol. The van der Waals surface area contributed by atoms with E-state index in [1.54, 1.807) is 0 Å². The normalized spacial score (nSPS) is 25.9. The lowest BCUT2D eigenvalue weighted by molar-refractivity contribution is -0.146. The lowest BCUT2D eigenvalue weighted by Crippen LogP contribution is -2.16. The molecule has 1 atom stereocenters.